The van der Waals surface area contributed by atoms with Crippen molar-refractivity contribution in [1.82, 2.24) is 0 Å². The van der Waals surface area contributed by atoms with E-state index in [2.05, 4.69) is 4.31 Å². The third kappa shape index (κ3) is 22.8. The maximum atomic E-state index is 9.63. The molecule has 0 heterocycles. The number of rotatable bonds is 2. The fourth-order valence-corrected chi connectivity index (χ4v) is 1.25. The van der Waals surface area contributed by atoms with Crippen molar-refractivity contribution in [3.63, 3.8) is 0 Å². The molecule has 0 radical (unpaired) electrons. The molecule has 0 fully saturated rings. The van der Waals surface area contributed by atoms with Crippen LogP contribution in [0.15, 0.2) is 0 Å². The zero-order valence-electron chi connectivity index (χ0n) is 6.03. The zero-order chi connectivity index (χ0) is 7.71. The molecule has 0 aliphatic carbocycles. The Balaban J connectivity index is -0.000000107. The van der Waals surface area contributed by atoms with Crippen LogP contribution in [-0.4, -0.2) is 42.6 Å². The van der Waals surface area contributed by atoms with Crippen molar-refractivity contribution in [2.24, 2.45) is 0 Å². The van der Waals surface area contributed by atoms with Crippen molar-refractivity contribution in [2.75, 3.05) is 0 Å². The standard InChI is InChI=1S/Mg.H4O7P2.2Zn/c;1-8(2,3)7-9(4,5)6;;/h;(H2,1,2,3)(H2,4,5,6);;/q+2;;2*+2. The van der Waals surface area contributed by atoms with E-state index in [0.717, 1.165) is 0 Å². The zero-order valence-corrected chi connectivity index (χ0v) is 15.2. The first kappa shape index (κ1) is 23.8. The third-order valence-electron chi connectivity index (χ3n) is 0.213. The first-order valence-electron chi connectivity index (χ1n) is 1.53. The molecule has 0 aromatic heterocycles. The largest absolute Gasteiger partial charge is 2.00 e. The van der Waals surface area contributed by atoms with E-state index in [1.807, 2.05) is 0 Å². The normalized spacial score (nSPS) is 10.3. The first-order chi connectivity index (χ1) is 3.71. The molecule has 0 bridgehead atoms. The molecule has 0 atom stereocenters. The third-order valence-corrected chi connectivity index (χ3v) is 1.91. The summed E-state index contributed by atoms with van der Waals surface area (Å²) in [6.45, 7) is 0. The summed E-state index contributed by atoms with van der Waals surface area (Å²) >= 11 is 0. The van der Waals surface area contributed by atoms with E-state index >= 15 is 0 Å². The van der Waals surface area contributed by atoms with Crippen molar-refractivity contribution in [3.8, 4) is 0 Å². The average Bonchev–Trinajstić information content (AvgIpc) is 1.14. The summed E-state index contributed by atoms with van der Waals surface area (Å²) in [6, 6.07) is 0. The van der Waals surface area contributed by atoms with Crippen LogP contribution in [0.1, 0.15) is 0 Å². The average molecular weight is 333 g/mol. The number of hydrogen-bond donors (Lipinski definition) is 4. The number of hydrogen-bond acceptors (Lipinski definition) is 3. The molecular weight excluding hydrogens is 329 g/mol. The van der Waals surface area contributed by atoms with Crippen molar-refractivity contribution in [2.45, 2.75) is 0 Å². The van der Waals surface area contributed by atoms with Gasteiger partial charge in [0.05, 0.1) is 0 Å². The molecule has 0 amide bonds. The van der Waals surface area contributed by atoms with Gasteiger partial charge in [0.15, 0.2) is 0 Å². The summed E-state index contributed by atoms with van der Waals surface area (Å²) in [5.41, 5.74) is 0. The van der Waals surface area contributed by atoms with E-state index < -0.39 is 15.6 Å². The van der Waals surface area contributed by atoms with E-state index in [0.29, 0.717) is 0 Å². The van der Waals surface area contributed by atoms with Gasteiger partial charge in [-0.2, -0.15) is 4.31 Å². The van der Waals surface area contributed by atoms with E-state index in [9.17, 15) is 9.13 Å². The molecule has 0 saturated carbocycles. The smallest absolute Gasteiger partial charge is 0.302 e. The molecule has 0 spiro atoms. The minimum Gasteiger partial charge on any atom is -0.302 e. The number of phosphoric acid groups is 2. The van der Waals surface area contributed by atoms with Gasteiger partial charge in [0.25, 0.3) is 0 Å². The molecule has 12 heavy (non-hydrogen) atoms. The maximum absolute atomic E-state index is 9.63. The van der Waals surface area contributed by atoms with Gasteiger partial charge in [-0.15, -0.1) is 0 Å². The summed E-state index contributed by atoms with van der Waals surface area (Å²) in [6.07, 6.45) is 0. The second kappa shape index (κ2) is 8.57. The molecule has 0 aliphatic rings. The van der Waals surface area contributed by atoms with Crippen LogP contribution in [0, 0.1) is 0 Å². The molecule has 0 rings (SSSR count). The summed E-state index contributed by atoms with van der Waals surface area (Å²) in [4.78, 5) is 31.0. The van der Waals surface area contributed by atoms with Gasteiger partial charge >= 0.3 is 77.7 Å². The second-order valence-corrected chi connectivity index (χ2v) is 3.68. The van der Waals surface area contributed by atoms with Crippen LogP contribution >= 0.6 is 15.6 Å². The van der Waals surface area contributed by atoms with E-state index in [1.54, 1.807) is 0 Å². The first-order valence-corrected chi connectivity index (χ1v) is 4.59. The fraction of sp³-hybridized carbons (Fsp3) is 0. The molecule has 12 heteroatoms. The minimum atomic E-state index is -5.05. The molecule has 7 nitrogen and oxygen atoms in total. The van der Waals surface area contributed by atoms with Gasteiger partial charge in [0.2, 0.25) is 0 Å². The topological polar surface area (TPSA) is 124 Å². The van der Waals surface area contributed by atoms with Crippen LogP contribution in [0.3, 0.4) is 0 Å². The molecule has 0 unspecified atom stereocenters. The summed E-state index contributed by atoms with van der Waals surface area (Å²) in [5.74, 6) is 0. The summed E-state index contributed by atoms with van der Waals surface area (Å²) < 4.78 is 22.2. The second-order valence-electron chi connectivity index (χ2n) is 1.06. The van der Waals surface area contributed by atoms with Crippen molar-refractivity contribution in [1.29, 1.82) is 0 Å². The van der Waals surface area contributed by atoms with E-state index in [4.69, 9.17) is 19.6 Å². The molecular formula is H4MgO7P2Zn2+6. The summed E-state index contributed by atoms with van der Waals surface area (Å²) in [7, 11) is -10.1. The Morgan fingerprint density at radius 3 is 1.00 bits per heavy atom. The van der Waals surface area contributed by atoms with E-state index in [-0.39, 0.29) is 62.0 Å². The predicted molar refractivity (Wildman–Crippen MR) is 30.9 cm³/mol. The van der Waals surface area contributed by atoms with Crippen LogP contribution in [0.5, 0.6) is 0 Å². The Morgan fingerprint density at radius 2 is 1.00 bits per heavy atom. The van der Waals surface area contributed by atoms with Gasteiger partial charge < -0.3 is 19.6 Å². The quantitative estimate of drug-likeness (QED) is 0.370. The Labute approximate surface area is 110 Å². The molecule has 0 aromatic carbocycles. The van der Waals surface area contributed by atoms with Gasteiger partial charge in [-0.05, 0) is 0 Å². The minimum absolute atomic E-state index is 0. The van der Waals surface area contributed by atoms with Crippen LogP contribution in [-0.2, 0) is 52.4 Å². The predicted octanol–water partition coefficient (Wildman–Crippen LogP) is -1.20. The van der Waals surface area contributed by atoms with Crippen LogP contribution in [0.2, 0.25) is 0 Å². The SMILES string of the molecule is O=P(O)(O)OP(=O)(O)O.[Mg+2].[Zn+2].[Zn+2]. The van der Waals surface area contributed by atoms with E-state index in [1.165, 1.54) is 0 Å². The van der Waals surface area contributed by atoms with Crippen molar-refractivity contribution >= 4 is 38.7 Å². The van der Waals surface area contributed by atoms with Crippen molar-refractivity contribution in [3.05, 3.63) is 0 Å². The summed E-state index contributed by atoms with van der Waals surface area (Å²) in [5, 5.41) is 0. The molecule has 56 valence electrons. The van der Waals surface area contributed by atoms with Crippen molar-refractivity contribution < 1.29 is 72.0 Å². The Hall–Kier alpha value is 2.27. The Kier molecular flexibility index (Phi) is 17.0. The van der Waals surface area contributed by atoms with Gasteiger partial charge in [-0.1, -0.05) is 0 Å². The Morgan fingerprint density at radius 1 is 0.833 bits per heavy atom. The van der Waals surface area contributed by atoms with Gasteiger partial charge in [-0.3, -0.25) is 0 Å². The van der Waals surface area contributed by atoms with Gasteiger partial charge in [0.1, 0.15) is 0 Å². The molecule has 0 aromatic rings. The Bertz CT molecular complexity index is 160. The molecule has 0 saturated heterocycles. The van der Waals surface area contributed by atoms with Crippen LogP contribution in [0.25, 0.3) is 0 Å². The monoisotopic (exact) mass is 330 g/mol. The fourth-order valence-electron chi connectivity index (χ4n) is 0.139. The molecule has 4 N–H and O–H groups in total. The van der Waals surface area contributed by atoms with Gasteiger partial charge in [0, 0.05) is 0 Å². The maximum Gasteiger partial charge on any atom is 2.00 e. The van der Waals surface area contributed by atoms with Gasteiger partial charge in [-0.25, -0.2) is 9.13 Å². The van der Waals surface area contributed by atoms with Crippen LogP contribution < -0.4 is 0 Å². The molecule has 0 aliphatic heterocycles. The van der Waals surface area contributed by atoms with Crippen LogP contribution in [0.4, 0.5) is 0 Å².